The molecule has 0 aliphatic rings. The summed E-state index contributed by atoms with van der Waals surface area (Å²) in [7, 11) is 0. The standard InChI is InChI=1S/C20H30N4O5/c1-11(25)21-15-7-5-9-17(19(15)23-13(3)27)29-18-10-6-8-16(22-12(2)26)20(18)24-14(4)28/h5-14,21-28H,1-4H3. The molecule has 0 saturated heterocycles. The van der Waals surface area contributed by atoms with Crippen LogP contribution in [0, 0.1) is 0 Å². The first-order valence-electron chi connectivity index (χ1n) is 9.39. The van der Waals surface area contributed by atoms with Gasteiger partial charge >= 0.3 is 0 Å². The number of anilines is 4. The second-order valence-electron chi connectivity index (χ2n) is 6.74. The third-order valence-corrected chi connectivity index (χ3v) is 3.71. The van der Waals surface area contributed by atoms with Gasteiger partial charge in [-0.05, 0) is 52.0 Å². The average molecular weight is 406 g/mol. The van der Waals surface area contributed by atoms with Crippen molar-refractivity contribution in [3.63, 3.8) is 0 Å². The molecule has 0 spiro atoms. The summed E-state index contributed by atoms with van der Waals surface area (Å²) in [5.41, 5.74) is 2.00. The number of nitrogens with one attached hydrogen (secondary N) is 4. The molecule has 0 radical (unpaired) electrons. The predicted molar refractivity (Wildman–Crippen MR) is 114 cm³/mol. The van der Waals surface area contributed by atoms with Crippen LogP contribution in [0.1, 0.15) is 27.7 Å². The van der Waals surface area contributed by atoms with Crippen molar-refractivity contribution >= 4 is 22.7 Å². The second-order valence-corrected chi connectivity index (χ2v) is 6.74. The van der Waals surface area contributed by atoms with E-state index in [9.17, 15) is 20.4 Å². The molecule has 0 bridgehead atoms. The Kier molecular flexibility index (Phi) is 7.91. The second kappa shape index (κ2) is 10.2. The van der Waals surface area contributed by atoms with Crippen LogP contribution in [0.15, 0.2) is 36.4 Å². The first kappa shape index (κ1) is 22.6. The minimum atomic E-state index is -0.868. The van der Waals surface area contributed by atoms with Crippen LogP contribution >= 0.6 is 0 Å². The van der Waals surface area contributed by atoms with Crippen LogP contribution in [0.5, 0.6) is 11.5 Å². The van der Waals surface area contributed by atoms with Gasteiger partial charge in [0.05, 0.1) is 11.4 Å². The molecule has 0 aliphatic heterocycles. The number of hydrogen-bond donors (Lipinski definition) is 8. The molecular weight excluding hydrogens is 376 g/mol. The Balaban J connectivity index is 2.49. The summed E-state index contributed by atoms with van der Waals surface area (Å²) in [6.45, 7) is 6.29. The summed E-state index contributed by atoms with van der Waals surface area (Å²) < 4.78 is 6.10. The molecule has 4 atom stereocenters. The van der Waals surface area contributed by atoms with Crippen molar-refractivity contribution in [3.05, 3.63) is 36.4 Å². The van der Waals surface area contributed by atoms with Crippen molar-refractivity contribution in [2.45, 2.75) is 52.6 Å². The third-order valence-electron chi connectivity index (χ3n) is 3.71. The molecule has 0 fully saturated rings. The Hall–Kier alpha value is -2.72. The van der Waals surface area contributed by atoms with E-state index in [1.54, 1.807) is 64.1 Å². The van der Waals surface area contributed by atoms with Crippen molar-refractivity contribution in [3.8, 4) is 11.5 Å². The minimum Gasteiger partial charge on any atom is -0.453 e. The van der Waals surface area contributed by atoms with Gasteiger partial charge in [-0.15, -0.1) is 0 Å². The number of hydrogen-bond acceptors (Lipinski definition) is 9. The van der Waals surface area contributed by atoms with E-state index in [2.05, 4.69) is 21.3 Å². The van der Waals surface area contributed by atoms with E-state index in [0.29, 0.717) is 34.2 Å². The van der Waals surface area contributed by atoms with E-state index < -0.39 is 24.9 Å². The highest BCUT2D eigenvalue weighted by molar-refractivity contribution is 5.79. The smallest absolute Gasteiger partial charge is 0.152 e. The molecule has 0 amide bonds. The van der Waals surface area contributed by atoms with Gasteiger partial charge in [-0.25, -0.2) is 0 Å². The molecule has 2 rings (SSSR count). The van der Waals surface area contributed by atoms with Crippen LogP contribution in [-0.4, -0.2) is 45.3 Å². The first-order valence-corrected chi connectivity index (χ1v) is 9.39. The van der Waals surface area contributed by atoms with E-state index in [1.807, 2.05) is 0 Å². The minimum absolute atomic E-state index is 0.388. The zero-order chi connectivity index (χ0) is 21.6. The van der Waals surface area contributed by atoms with Crippen LogP contribution < -0.4 is 26.0 Å². The van der Waals surface area contributed by atoms with E-state index in [-0.39, 0.29) is 0 Å². The highest BCUT2D eigenvalue weighted by Gasteiger charge is 2.17. The van der Waals surface area contributed by atoms with Gasteiger partial charge in [0.15, 0.2) is 11.5 Å². The Bertz CT molecular complexity index is 731. The number of aliphatic hydroxyl groups excluding tert-OH is 4. The lowest BCUT2D eigenvalue weighted by Gasteiger charge is -2.23. The fourth-order valence-electron chi connectivity index (χ4n) is 2.76. The lowest BCUT2D eigenvalue weighted by Crippen LogP contribution is -2.20. The highest BCUT2D eigenvalue weighted by atomic mass is 16.5. The van der Waals surface area contributed by atoms with E-state index >= 15 is 0 Å². The molecule has 160 valence electrons. The van der Waals surface area contributed by atoms with Crippen LogP contribution in [-0.2, 0) is 0 Å². The maximum atomic E-state index is 9.83. The molecule has 29 heavy (non-hydrogen) atoms. The summed E-state index contributed by atoms with van der Waals surface area (Å²) >= 11 is 0. The number of para-hydroxylation sites is 2. The van der Waals surface area contributed by atoms with Crippen molar-refractivity contribution < 1.29 is 25.2 Å². The number of aliphatic hydroxyl groups is 4. The zero-order valence-electron chi connectivity index (χ0n) is 17.0. The highest BCUT2D eigenvalue weighted by Crippen LogP contribution is 2.41. The normalized spacial score (nSPS) is 15.0. The lowest BCUT2D eigenvalue weighted by atomic mass is 10.2. The maximum Gasteiger partial charge on any atom is 0.152 e. The summed E-state index contributed by atoms with van der Waals surface area (Å²) in [6, 6.07) is 10.4. The monoisotopic (exact) mass is 406 g/mol. The topological polar surface area (TPSA) is 138 Å². The molecule has 4 unspecified atom stereocenters. The Labute approximate surface area is 170 Å². The summed E-state index contributed by atoms with van der Waals surface area (Å²) in [4.78, 5) is 0. The van der Waals surface area contributed by atoms with Gasteiger partial charge in [-0.1, -0.05) is 12.1 Å². The fourth-order valence-corrected chi connectivity index (χ4v) is 2.76. The fraction of sp³-hybridized carbons (Fsp3) is 0.400. The van der Waals surface area contributed by atoms with E-state index in [1.165, 1.54) is 0 Å². The van der Waals surface area contributed by atoms with Crippen molar-refractivity contribution in [2.75, 3.05) is 21.3 Å². The molecule has 0 aliphatic carbocycles. The number of benzene rings is 2. The zero-order valence-corrected chi connectivity index (χ0v) is 17.0. The third kappa shape index (κ3) is 6.68. The largest absolute Gasteiger partial charge is 0.453 e. The van der Waals surface area contributed by atoms with Gasteiger partial charge in [-0.3, -0.25) is 0 Å². The molecule has 9 nitrogen and oxygen atoms in total. The molecular formula is C20H30N4O5. The van der Waals surface area contributed by atoms with Gasteiger partial charge in [0.25, 0.3) is 0 Å². The molecule has 0 aromatic heterocycles. The molecule has 2 aromatic carbocycles. The van der Waals surface area contributed by atoms with Crippen molar-refractivity contribution in [2.24, 2.45) is 0 Å². The van der Waals surface area contributed by atoms with Crippen molar-refractivity contribution in [1.82, 2.24) is 0 Å². The van der Waals surface area contributed by atoms with Crippen LogP contribution in [0.2, 0.25) is 0 Å². The molecule has 0 heterocycles. The Morgan fingerprint density at radius 1 is 0.586 bits per heavy atom. The van der Waals surface area contributed by atoms with Crippen LogP contribution in [0.4, 0.5) is 22.7 Å². The van der Waals surface area contributed by atoms with Crippen molar-refractivity contribution in [1.29, 1.82) is 0 Å². The van der Waals surface area contributed by atoms with Crippen LogP contribution in [0.25, 0.3) is 0 Å². The molecule has 0 saturated carbocycles. The van der Waals surface area contributed by atoms with Crippen LogP contribution in [0.3, 0.4) is 0 Å². The summed E-state index contributed by atoms with van der Waals surface area (Å²) in [5.74, 6) is 0.777. The Morgan fingerprint density at radius 3 is 1.24 bits per heavy atom. The summed E-state index contributed by atoms with van der Waals surface area (Å²) in [6.07, 6.45) is -3.36. The van der Waals surface area contributed by atoms with Gasteiger partial charge in [0.1, 0.15) is 36.3 Å². The van der Waals surface area contributed by atoms with Gasteiger partial charge in [0, 0.05) is 0 Å². The Morgan fingerprint density at radius 2 is 0.931 bits per heavy atom. The van der Waals surface area contributed by atoms with Gasteiger partial charge in [-0.2, -0.15) is 0 Å². The van der Waals surface area contributed by atoms with Gasteiger partial charge in [0.2, 0.25) is 0 Å². The molecule has 8 N–H and O–H groups in total. The van der Waals surface area contributed by atoms with E-state index in [0.717, 1.165) is 0 Å². The SMILES string of the molecule is CC(O)Nc1cccc(Oc2cccc(NC(C)O)c2NC(C)O)c1NC(C)O. The van der Waals surface area contributed by atoms with E-state index in [4.69, 9.17) is 4.74 Å². The number of ether oxygens (including phenoxy) is 1. The predicted octanol–water partition coefficient (Wildman–Crippen LogP) is 2.48. The maximum absolute atomic E-state index is 9.83. The molecule has 9 heteroatoms. The van der Waals surface area contributed by atoms with Gasteiger partial charge < -0.3 is 46.4 Å². The molecule has 2 aromatic rings. The average Bonchev–Trinajstić information content (AvgIpc) is 2.58. The first-order chi connectivity index (χ1) is 13.7. The lowest BCUT2D eigenvalue weighted by molar-refractivity contribution is 0.220. The number of rotatable bonds is 10. The summed E-state index contributed by atoms with van der Waals surface area (Å²) in [5, 5.41) is 50.6. The quantitative estimate of drug-likeness (QED) is 0.280.